The zero-order valence-electron chi connectivity index (χ0n) is 21.0. The molecule has 0 saturated heterocycles. The summed E-state index contributed by atoms with van der Waals surface area (Å²) in [5, 5.41) is 29.9. The van der Waals surface area contributed by atoms with E-state index >= 15 is 0 Å². The van der Waals surface area contributed by atoms with Crippen LogP contribution >= 0.6 is 0 Å². The van der Waals surface area contributed by atoms with Crippen LogP contribution in [0.4, 0.5) is 11.4 Å². The summed E-state index contributed by atoms with van der Waals surface area (Å²) in [4.78, 5) is 36.0. The Morgan fingerprint density at radius 3 is 2.42 bits per heavy atom. The van der Waals surface area contributed by atoms with Crippen LogP contribution in [0.15, 0.2) is 82.1 Å². The monoisotopic (exact) mass is 511 g/mol. The molecule has 0 spiro atoms. The topological polar surface area (TPSA) is 136 Å². The Morgan fingerprint density at radius 2 is 1.76 bits per heavy atom. The second kappa shape index (κ2) is 10.3. The summed E-state index contributed by atoms with van der Waals surface area (Å²) in [6.07, 6.45) is -0.0480. The first-order valence-electron chi connectivity index (χ1n) is 11.8. The zero-order valence-corrected chi connectivity index (χ0v) is 21.0. The molecule has 9 heteroatoms. The number of rotatable bonds is 6. The lowest BCUT2D eigenvalue weighted by atomic mass is 9.75. The summed E-state index contributed by atoms with van der Waals surface area (Å²) in [5.74, 6) is 4.74. The van der Waals surface area contributed by atoms with Crippen LogP contribution in [-0.4, -0.2) is 26.7 Å². The summed E-state index contributed by atoms with van der Waals surface area (Å²) in [6.45, 7) is 5.47. The number of hydrogen-bond donors (Lipinski definition) is 2. The zero-order chi connectivity index (χ0) is 27.5. The van der Waals surface area contributed by atoms with Gasteiger partial charge < -0.3 is 14.9 Å². The van der Waals surface area contributed by atoms with Gasteiger partial charge in [-0.15, -0.1) is 0 Å². The standard InChI is InChI=1S/C29H25N3O6/c1-19-25-17-22(11-14-24(25)26(33)38-31-19)30-27(34)29(35,18-28(2,3)21-7-5-4-6-8-21)16-15-20-9-12-23(13-10-20)32(36)37/h4-14,17,35H,18H2,1-3H3,(H,30,34). The first kappa shape index (κ1) is 26.3. The van der Waals surface area contributed by atoms with Crippen LogP contribution in [0.3, 0.4) is 0 Å². The summed E-state index contributed by atoms with van der Waals surface area (Å²) in [7, 11) is 0. The van der Waals surface area contributed by atoms with E-state index in [0.717, 1.165) is 5.56 Å². The summed E-state index contributed by atoms with van der Waals surface area (Å²) >= 11 is 0. The van der Waals surface area contributed by atoms with Gasteiger partial charge in [0, 0.05) is 35.2 Å². The van der Waals surface area contributed by atoms with E-state index in [2.05, 4.69) is 22.3 Å². The molecule has 3 aromatic carbocycles. The van der Waals surface area contributed by atoms with Gasteiger partial charge in [-0.05, 0) is 48.2 Å². The van der Waals surface area contributed by atoms with Crippen molar-refractivity contribution in [2.75, 3.05) is 5.32 Å². The van der Waals surface area contributed by atoms with Crippen molar-refractivity contribution < 1.29 is 19.3 Å². The minimum Gasteiger partial charge on any atom is -0.369 e. The number of anilines is 1. The molecule has 0 aliphatic heterocycles. The number of carbonyl (C=O) groups excluding carboxylic acids is 1. The third kappa shape index (κ3) is 5.61. The molecule has 0 fully saturated rings. The van der Waals surface area contributed by atoms with E-state index in [1.165, 1.54) is 36.4 Å². The Labute approximate surface area is 218 Å². The van der Waals surface area contributed by atoms with Crippen molar-refractivity contribution >= 4 is 28.1 Å². The van der Waals surface area contributed by atoms with Crippen LogP contribution < -0.4 is 10.9 Å². The number of amides is 1. The van der Waals surface area contributed by atoms with Gasteiger partial charge in [-0.3, -0.25) is 14.9 Å². The van der Waals surface area contributed by atoms with E-state index in [4.69, 9.17) is 4.52 Å². The molecule has 1 unspecified atom stereocenters. The molecule has 2 N–H and O–H groups in total. The number of aliphatic hydroxyl groups is 1. The molecule has 4 aromatic rings. The van der Waals surface area contributed by atoms with Crippen molar-refractivity contribution in [3.05, 3.63) is 110 Å². The minimum atomic E-state index is -2.14. The van der Waals surface area contributed by atoms with Gasteiger partial charge in [0.25, 0.3) is 11.6 Å². The molecule has 9 nitrogen and oxygen atoms in total. The molecule has 0 radical (unpaired) electrons. The van der Waals surface area contributed by atoms with E-state index in [1.807, 2.05) is 44.2 Å². The van der Waals surface area contributed by atoms with Gasteiger partial charge in [0.2, 0.25) is 5.60 Å². The maximum atomic E-state index is 13.5. The predicted octanol–water partition coefficient (Wildman–Crippen LogP) is 4.49. The number of non-ortho nitro benzene ring substituents is 1. The average Bonchev–Trinajstić information content (AvgIpc) is 2.90. The maximum absolute atomic E-state index is 13.5. The molecular formula is C29H25N3O6. The summed E-state index contributed by atoms with van der Waals surface area (Å²) < 4.78 is 4.75. The lowest BCUT2D eigenvalue weighted by Gasteiger charge is -2.32. The molecule has 1 atom stereocenters. The largest absolute Gasteiger partial charge is 0.369 e. The van der Waals surface area contributed by atoms with Crippen molar-refractivity contribution in [1.82, 2.24) is 5.16 Å². The minimum absolute atomic E-state index is 0.0480. The van der Waals surface area contributed by atoms with Crippen LogP contribution in [0.25, 0.3) is 10.8 Å². The van der Waals surface area contributed by atoms with Crippen LogP contribution in [0, 0.1) is 28.9 Å². The van der Waals surface area contributed by atoms with Crippen molar-refractivity contribution in [2.45, 2.75) is 38.2 Å². The molecule has 1 aromatic heterocycles. The van der Waals surface area contributed by atoms with Crippen LogP contribution in [0.5, 0.6) is 0 Å². The SMILES string of the molecule is Cc1noc(=O)c2ccc(NC(=O)C(O)(C#Cc3ccc([N+](=O)[O-])cc3)CC(C)(C)c3ccccc3)cc12. The maximum Gasteiger partial charge on any atom is 0.366 e. The predicted molar refractivity (Wildman–Crippen MR) is 143 cm³/mol. The Kier molecular flexibility index (Phi) is 7.10. The molecule has 1 heterocycles. The number of fused-ring (bicyclic) bond motifs is 1. The molecule has 192 valence electrons. The van der Waals surface area contributed by atoms with Gasteiger partial charge in [-0.25, -0.2) is 4.79 Å². The number of nitro groups is 1. The number of nitrogens with one attached hydrogen (secondary N) is 1. The number of benzene rings is 3. The van der Waals surface area contributed by atoms with Gasteiger partial charge in [0.15, 0.2) is 0 Å². The third-order valence-corrected chi connectivity index (χ3v) is 6.27. The van der Waals surface area contributed by atoms with E-state index in [-0.39, 0.29) is 12.1 Å². The molecule has 4 rings (SSSR count). The highest BCUT2D eigenvalue weighted by molar-refractivity contribution is 6.01. The fourth-order valence-corrected chi connectivity index (χ4v) is 4.20. The number of aryl methyl sites for hydroxylation is 1. The van der Waals surface area contributed by atoms with E-state index < -0.39 is 27.5 Å². The molecule has 0 saturated carbocycles. The molecule has 1 amide bonds. The molecule has 38 heavy (non-hydrogen) atoms. The van der Waals surface area contributed by atoms with E-state index in [1.54, 1.807) is 13.0 Å². The molecule has 0 aliphatic carbocycles. The highest BCUT2D eigenvalue weighted by Gasteiger charge is 2.41. The van der Waals surface area contributed by atoms with Crippen molar-refractivity contribution in [3.8, 4) is 11.8 Å². The van der Waals surface area contributed by atoms with Crippen molar-refractivity contribution in [2.24, 2.45) is 0 Å². The number of aromatic nitrogens is 1. The Morgan fingerprint density at radius 1 is 1.08 bits per heavy atom. The third-order valence-electron chi connectivity index (χ3n) is 6.27. The fourth-order valence-electron chi connectivity index (χ4n) is 4.20. The van der Waals surface area contributed by atoms with Gasteiger partial charge >= 0.3 is 5.63 Å². The smallest absolute Gasteiger partial charge is 0.366 e. The molecular weight excluding hydrogens is 486 g/mol. The highest BCUT2D eigenvalue weighted by Crippen LogP contribution is 2.33. The number of hydrogen-bond acceptors (Lipinski definition) is 7. The number of carbonyl (C=O) groups is 1. The van der Waals surface area contributed by atoms with Crippen molar-refractivity contribution in [3.63, 3.8) is 0 Å². The van der Waals surface area contributed by atoms with Gasteiger partial charge in [-0.1, -0.05) is 61.2 Å². The second-order valence-corrected chi connectivity index (χ2v) is 9.61. The summed E-state index contributed by atoms with van der Waals surface area (Å²) in [6, 6.07) is 19.6. The van der Waals surface area contributed by atoms with Gasteiger partial charge in [0.1, 0.15) is 0 Å². The first-order valence-corrected chi connectivity index (χ1v) is 11.8. The second-order valence-electron chi connectivity index (χ2n) is 9.61. The highest BCUT2D eigenvalue weighted by atomic mass is 16.6. The van der Waals surface area contributed by atoms with Crippen LogP contribution in [0.2, 0.25) is 0 Å². The van der Waals surface area contributed by atoms with Crippen LogP contribution in [-0.2, 0) is 10.2 Å². The van der Waals surface area contributed by atoms with Crippen molar-refractivity contribution in [1.29, 1.82) is 0 Å². The Hall–Kier alpha value is -4.81. The quantitative estimate of drug-likeness (QED) is 0.221. The summed E-state index contributed by atoms with van der Waals surface area (Å²) in [5.41, 5.74) is -1.37. The Bertz CT molecular complexity index is 1630. The lowest BCUT2D eigenvalue weighted by molar-refractivity contribution is -0.384. The van der Waals surface area contributed by atoms with Crippen LogP contribution in [0.1, 0.15) is 37.1 Å². The molecule has 0 aliphatic rings. The van der Waals surface area contributed by atoms with E-state index in [9.17, 15) is 24.8 Å². The fraction of sp³-hybridized carbons (Fsp3) is 0.207. The first-order chi connectivity index (χ1) is 18.0. The normalized spacial score (nSPS) is 12.7. The Balaban J connectivity index is 1.71. The number of nitro benzene ring substituents is 1. The number of nitrogens with zero attached hydrogens (tertiary/aromatic N) is 2. The lowest BCUT2D eigenvalue weighted by Crippen LogP contribution is -2.46. The van der Waals surface area contributed by atoms with E-state index in [0.29, 0.717) is 27.7 Å². The van der Waals surface area contributed by atoms with Gasteiger partial charge in [-0.2, -0.15) is 0 Å². The average molecular weight is 512 g/mol. The molecule has 0 bridgehead atoms. The van der Waals surface area contributed by atoms with Gasteiger partial charge in [0.05, 0.1) is 16.0 Å².